The van der Waals surface area contributed by atoms with E-state index in [0.29, 0.717) is 18.1 Å². The van der Waals surface area contributed by atoms with Gasteiger partial charge in [-0.1, -0.05) is 18.5 Å². The van der Waals surface area contributed by atoms with E-state index < -0.39 is 6.10 Å². The van der Waals surface area contributed by atoms with Crippen LogP contribution in [0.15, 0.2) is 12.1 Å². The summed E-state index contributed by atoms with van der Waals surface area (Å²) >= 11 is 5.96. The normalized spacial score (nSPS) is 16.2. The molecule has 0 aromatic heterocycles. The Labute approximate surface area is 88.5 Å². The molecular weight excluding hydrogens is 200 g/mol. The minimum Gasteiger partial charge on any atom is -0.493 e. The van der Waals surface area contributed by atoms with Crippen molar-refractivity contribution in [1.82, 2.24) is 0 Å². The molecule has 0 spiro atoms. The maximum absolute atomic E-state index is 9.78. The highest BCUT2D eigenvalue weighted by Crippen LogP contribution is 2.37. The van der Waals surface area contributed by atoms with Crippen LogP contribution in [0, 0.1) is 0 Å². The number of aliphatic hydroxyl groups is 1. The average Bonchev–Trinajstić information content (AvgIpc) is 2.62. The second-order valence-corrected chi connectivity index (χ2v) is 3.94. The molecule has 0 radical (unpaired) electrons. The molecule has 1 aliphatic rings. The van der Waals surface area contributed by atoms with Crippen molar-refractivity contribution in [3.8, 4) is 5.75 Å². The van der Waals surface area contributed by atoms with Crippen molar-refractivity contribution in [1.29, 1.82) is 0 Å². The quantitative estimate of drug-likeness (QED) is 0.817. The molecule has 1 atom stereocenters. The van der Waals surface area contributed by atoms with Crippen LogP contribution in [0.5, 0.6) is 5.75 Å². The Hall–Kier alpha value is -0.730. The Balaban J connectivity index is 2.48. The third-order valence-electron chi connectivity index (χ3n) is 2.52. The standard InChI is InChI=1S/C11H13ClO2/c1-2-10(13)9-6-8(12)5-7-3-4-14-11(7)9/h5-6,10,13H,2-4H2,1H3. The minimum atomic E-state index is -0.472. The molecule has 0 fully saturated rings. The molecule has 1 aromatic rings. The van der Waals surface area contributed by atoms with E-state index in [4.69, 9.17) is 16.3 Å². The fourth-order valence-electron chi connectivity index (χ4n) is 1.77. The minimum absolute atomic E-state index is 0.472. The molecule has 1 aliphatic heterocycles. The Bertz CT molecular complexity index is 349. The molecular formula is C11H13ClO2. The lowest BCUT2D eigenvalue weighted by Gasteiger charge is -2.13. The summed E-state index contributed by atoms with van der Waals surface area (Å²) in [5, 5.41) is 10.5. The molecule has 0 saturated carbocycles. The summed E-state index contributed by atoms with van der Waals surface area (Å²) in [6, 6.07) is 3.70. The number of hydrogen-bond donors (Lipinski definition) is 1. The third kappa shape index (κ3) is 1.60. The van der Waals surface area contributed by atoms with Crippen molar-refractivity contribution in [2.45, 2.75) is 25.9 Å². The Morgan fingerprint density at radius 1 is 1.57 bits per heavy atom. The smallest absolute Gasteiger partial charge is 0.128 e. The maximum atomic E-state index is 9.78. The van der Waals surface area contributed by atoms with Crippen molar-refractivity contribution in [2.75, 3.05) is 6.61 Å². The number of rotatable bonds is 2. The first-order valence-electron chi connectivity index (χ1n) is 4.85. The predicted octanol–water partition coefficient (Wildman–Crippen LogP) is 2.72. The SMILES string of the molecule is CCC(O)c1cc(Cl)cc2c1OCC2. The number of ether oxygens (including phenoxy) is 1. The zero-order valence-electron chi connectivity index (χ0n) is 8.09. The van der Waals surface area contributed by atoms with E-state index in [2.05, 4.69) is 0 Å². The van der Waals surface area contributed by atoms with Crippen molar-refractivity contribution in [2.24, 2.45) is 0 Å². The maximum Gasteiger partial charge on any atom is 0.128 e. The number of halogens is 1. The zero-order valence-corrected chi connectivity index (χ0v) is 8.84. The highest BCUT2D eigenvalue weighted by atomic mass is 35.5. The van der Waals surface area contributed by atoms with E-state index >= 15 is 0 Å². The summed E-state index contributed by atoms with van der Waals surface area (Å²) in [5.41, 5.74) is 1.94. The Morgan fingerprint density at radius 3 is 3.07 bits per heavy atom. The number of fused-ring (bicyclic) bond motifs is 1. The lowest BCUT2D eigenvalue weighted by atomic mass is 10.0. The van der Waals surface area contributed by atoms with Gasteiger partial charge in [-0.15, -0.1) is 0 Å². The largest absolute Gasteiger partial charge is 0.493 e. The lowest BCUT2D eigenvalue weighted by molar-refractivity contribution is 0.169. The van der Waals surface area contributed by atoms with E-state index in [0.717, 1.165) is 23.3 Å². The van der Waals surface area contributed by atoms with Crippen LogP contribution >= 0.6 is 11.6 Å². The van der Waals surface area contributed by atoms with Crippen LogP contribution in [0.25, 0.3) is 0 Å². The van der Waals surface area contributed by atoms with Crippen LogP contribution in [-0.2, 0) is 6.42 Å². The first kappa shape index (κ1) is 9.81. The van der Waals surface area contributed by atoms with Crippen LogP contribution in [0.3, 0.4) is 0 Å². The number of benzene rings is 1. The van der Waals surface area contributed by atoms with Crippen LogP contribution < -0.4 is 4.74 Å². The molecule has 14 heavy (non-hydrogen) atoms. The van der Waals surface area contributed by atoms with Gasteiger partial charge in [0, 0.05) is 17.0 Å². The summed E-state index contributed by atoms with van der Waals surface area (Å²) in [6.45, 7) is 2.63. The predicted molar refractivity (Wildman–Crippen MR) is 55.9 cm³/mol. The van der Waals surface area contributed by atoms with Crippen molar-refractivity contribution >= 4 is 11.6 Å². The molecule has 1 aromatic carbocycles. The number of hydrogen-bond acceptors (Lipinski definition) is 2. The molecule has 2 rings (SSSR count). The van der Waals surface area contributed by atoms with Crippen molar-refractivity contribution in [3.63, 3.8) is 0 Å². The Kier molecular flexibility index (Phi) is 2.66. The second kappa shape index (κ2) is 3.79. The molecule has 0 amide bonds. The van der Waals surface area contributed by atoms with Gasteiger partial charge in [-0.2, -0.15) is 0 Å². The van der Waals surface area contributed by atoms with E-state index in [1.165, 1.54) is 0 Å². The van der Waals surface area contributed by atoms with Gasteiger partial charge in [-0.05, 0) is 24.1 Å². The van der Waals surface area contributed by atoms with Crippen LogP contribution in [0.1, 0.15) is 30.6 Å². The van der Waals surface area contributed by atoms with E-state index in [1.807, 2.05) is 13.0 Å². The molecule has 0 bridgehead atoms. The van der Waals surface area contributed by atoms with Gasteiger partial charge in [-0.25, -0.2) is 0 Å². The molecule has 76 valence electrons. The summed E-state index contributed by atoms with van der Waals surface area (Å²) in [7, 11) is 0. The highest BCUT2D eigenvalue weighted by molar-refractivity contribution is 6.30. The van der Waals surface area contributed by atoms with E-state index in [-0.39, 0.29) is 0 Å². The van der Waals surface area contributed by atoms with Gasteiger partial charge in [0.15, 0.2) is 0 Å². The van der Waals surface area contributed by atoms with Gasteiger partial charge in [0.2, 0.25) is 0 Å². The molecule has 3 heteroatoms. The van der Waals surface area contributed by atoms with Gasteiger partial charge in [0.25, 0.3) is 0 Å². The van der Waals surface area contributed by atoms with Crippen LogP contribution in [0.2, 0.25) is 5.02 Å². The fourth-order valence-corrected chi connectivity index (χ4v) is 2.01. The third-order valence-corrected chi connectivity index (χ3v) is 2.74. The van der Waals surface area contributed by atoms with Crippen LogP contribution in [-0.4, -0.2) is 11.7 Å². The first-order chi connectivity index (χ1) is 6.72. The molecule has 0 saturated heterocycles. The summed E-state index contributed by atoms with van der Waals surface area (Å²) < 4.78 is 5.49. The van der Waals surface area contributed by atoms with Crippen molar-refractivity contribution in [3.05, 3.63) is 28.3 Å². The lowest BCUT2D eigenvalue weighted by Crippen LogP contribution is -1.98. The highest BCUT2D eigenvalue weighted by Gasteiger charge is 2.20. The topological polar surface area (TPSA) is 29.5 Å². The zero-order chi connectivity index (χ0) is 10.1. The summed E-state index contributed by atoms with van der Waals surface area (Å²) in [4.78, 5) is 0. The summed E-state index contributed by atoms with van der Waals surface area (Å²) in [5.74, 6) is 0.837. The van der Waals surface area contributed by atoms with E-state index in [9.17, 15) is 5.11 Å². The van der Waals surface area contributed by atoms with Crippen LogP contribution in [0.4, 0.5) is 0 Å². The van der Waals surface area contributed by atoms with Gasteiger partial charge >= 0.3 is 0 Å². The molecule has 0 aliphatic carbocycles. The molecule has 1 heterocycles. The van der Waals surface area contributed by atoms with Gasteiger partial charge in [-0.3, -0.25) is 0 Å². The number of aliphatic hydroxyl groups excluding tert-OH is 1. The monoisotopic (exact) mass is 212 g/mol. The van der Waals surface area contributed by atoms with Gasteiger partial charge in [0.1, 0.15) is 5.75 Å². The second-order valence-electron chi connectivity index (χ2n) is 3.51. The Morgan fingerprint density at radius 2 is 2.36 bits per heavy atom. The molecule has 1 unspecified atom stereocenters. The van der Waals surface area contributed by atoms with Gasteiger partial charge in [0.05, 0.1) is 12.7 Å². The molecule has 1 N–H and O–H groups in total. The summed E-state index contributed by atoms with van der Waals surface area (Å²) in [6.07, 6.45) is 1.09. The molecule has 2 nitrogen and oxygen atoms in total. The van der Waals surface area contributed by atoms with Gasteiger partial charge < -0.3 is 9.84 Å². The first-order valence-corrected chi connectivity index (χ1v) is 5.23. The van der Waals surface area contributed by atoms with Crippen molar-refractivity contribution < 1.29 is 9.84 Å². The average molecular weight is 213 g/mol. The van der Waals surface area contributed by atoms with E-state index in [1.54, 1.807) is 6.07 Å². The fraction of sp³-hybridized carbons (Fsp3) is 0.455.